The maximum atomic E-state index is 13.9. The van der Waals surface area contributed by atoms with Crippen molar-refractivity contribution in [3.8, 4) is 11.5 Å². The maximum Gasteiger partial charge on any atom is 0.235 e. The zero-order chi connectivity index (χ0) is 31.3. The number of alkyl halides is 2. The van der Waals surface area contributed by atoms with Crippen molar-refractivity contribution < 1.29 is 19.1 Å². The largest absolute Gasteiger partial charge is 0.457 e. The highest BCUT2D eigenvalue weighted by atomic mass is 35.5. The molecule has 0 aromatic heterocycles. The van der Waals surface area contributed by atoms with E-state index in [-0.39, 0.29) is 24.3 Å². The Morgan fingerprint density at radius 1 is 0.711 bits per heavy atom. The molecule has 3 aliphatic carbocycles. The quantitative estimate of drug-likeness (QED) is 0.115. The predicted octanol–water partition coefficient (Wildman–Crippen LogP) is 7.88. The number of rotatable bonds is 9. The number of hydrogen-bond donors (Lipinski definition) is 1. The number of amides is 3. The van der Waals surface area contributed by atoms with Crippen LogP contribution < -0.4 is 10.1 Å². The van der Waals surface area contributed by atoms with E-state index in [0.29, 0.717) is 37.1 Å². The Kier molecular flexibility index (Phi) is 7.46. The summed E-state index contributed by atoms with van der Waals surface area (Å²) in [5.41, 5.74) is 5.03. The molecule has 6 nitrogen and oxygen atoms in total. The zero-order valence-electron chi connectivity index (χ0n) is 24.8. The van der Waals surface area contributed by atoms with Crippen molar-refractivity contribution in [3.05, 3.63) is 125 Å². The van der Waals surface area contributed by atoms with Crippen molar-refractivity contribution in [1.82, 2.24) is 4.90 Å². The molecule has 8 heteroatoms. The van der Waals surface area contributed by atoms with Crippen LogP contribution in [0.2, 0.25) is 0 Å². The zero-order valence-corrected chi connectivity index (χ0v) is 26.3. The fourth-order valence-corrected chi connectivity index (χ4v) is 8.35. The van der Waals surface area contributed by atoms with Crippen LogP contribution in [0.15, 0.2) is 97.1 Å². The normalized spacial score (nSPS) is 24.2. The third kappa shape index (κ3) is 4.74. The fourth-order valence-electron chi connectivity index (χ4n) is 7.25. The summed E-state index contributed by atoms with van der Waals surface area (Å²) in [6.07, 6.45) is 2.22. The molecular formula is C37H32Cl2N2O4. The lowest BCUT2D eigenvalue weighted by atomic mass is 9.54. The minimum Gasteiger partial charge on any atom is -0.457 e. The van der Waals surface area contributed by atoms with Crippen molar-refractivity contribution in [2.24, 2.45) is 11.8 Å². The SMILES string of the molecule is Cc1ccc(Oc2ccc(NC(=O)CCCCCN3C(=O)[C@@H]4[C@@H](C3=O)C3(Cl)c5ccccc5C4(Cl)c4ccccc43)cc2)cc1. The topological polar surface area (TPSA) is 75.7 Å². The molecule has 228 valence electrons. The summed E-state index contributed by atoms with van der Waals surface area (Å²) in [6.45, 7) is 2.29. The number of imide groups is 1. The van der Waals surface area contributed by atoms with Gasteiger partial charge in [-0.25, -0.2) is 0 Å². The molecule has 4 aromatic carbocycles. The number of aryl methyl sites for hydroxylation is 1. The van der Waals surface area contributed by atoms with Gasteiger partial charge in [-0.15, -0.1) is 23.2 Å². The molecule has 1 saturated heterocycles. The molecule has 1 aliphatic heterocycles. The van der Waals surface area contributed by atoms with Gasteiger partial charge in [-0.1, -0.05) is 72.6 Å². The van der Waals surface area contributed by atoms with Crippen LogP contribution in [0.25, 0.3) is 0 Å². The molecule has 8 rings (SSSR count). The van der Waals surface area contributed by atoms with E-state index in [1.54, 1.807) is 0 Å². The van der Waals surface area contributed by atoms with Crippen LogP contribution in [0.4, 0.5) is 5.69 Å². The monoisotopic (exact) mass is 638 g/mol. The van der Waals surface area contributed by atoms with Crippen LogP contribution >= 0.6 is 23.2 Å². The Bertz CT molecular complexity index is 1680. The van der Waals surface area contributed by atoms with Gasteiger partial charge in [0.05, 0.1) is 11.8 Å². The molecule has 1 N–H and O–H groups in total. The van der Waals surface area contributed by atoms with Gasteiger partial charge < -0.3 is 10.1 Å². The Hall–Kier alpha value is -4.13. The smallest absolute Gasteiger partial charge is 0.235 e. The molecule has 0 unspecified atom stereocenters. The van der Waals surface area contributed by atoms with Gasteiger partial charge in [0.2, 0.25) is 17.7 Å². The molecule has 4 aromatic rings. The van der Waals surface area contributed by atoms with Crippen molar-refractivity contribution in [3.63, 3.8) is 0 Å². The first kappa shape index (κ1) is 29.6. The molecule has 0 spiro atoms. The van der Waals surface area contributed by atoms with Crippen LogP contribution in [0.5, 0.6) is 11.5 Å². The summed E-state index contributed by atoms with van der Waals surface area (Å²) in [4.78, 5) is 39.4. The second kappa shape index (κ2) is 11.3. The first-order valence-electron chi connectivity index (χ1n) is 15.3. The highest BCUT2D eigenvalue weighted by molar-refractivity contribution is 6.36. The molecule has 1 fully saturated rings. The molecule has 2 atom stereocenters. The van der Waals surface area contributed by atoms with Crippen LogP contribution in [0, 0.1) is 18.8 Å². The average molecular weight is 640 g/mol. The summed E-state index contributed by atoms with van der Waals surface area (Å²) in [5.74, 6) is -0.782. The number of nitrogens with one attached hydrogen (secondary N) is 1. The van der Waals surface area contributed by atoms with E-state index in [4.69, 9.17) is 27.9 Å². The summed E-state index contributed by atoms with van der Waals surface area (Å²) >= 11 is 14.9. The van der Waals surface area contributed by atoms with E-state index < -0.39 is 21.6 Å². The number of carbonyl (C=O) groups excluding carboxylic acids is 3. The minimum absolute atomic E-state index is 0.0955. The van der Waals surface area contributed by atoms with E-state index in [2.05, 4.69) is 5.32 Å². The van der Waals surface area contributed by atoms with Crippen molar-refractivity contribution in [1.29, 1.82) is 0 Å². The molecular weight excluding hydrogens is 607 g/mol. The molecule has 0 radical (unpaired) electrons. The van der Waals surface area contributed by atoms with E-state index in [1.165, 1.54) is 4.90 Å². The van der Waals surface area contributed by atoms with Gasteiger partial charge in [-0.05, 0) is 78.4 Å². The van der Waals surface area contributed by atoms with Gasteiger partial charge in [0.1, 0.15) is 21.2 Å². The Morgan fingerprint density at radius 2 is 1.18 bits per heavy atom. The molecule has 2 bridgehead atoms. The number of ether oxygens (including phenoxy) is 1. The first-order valence-corrected chi connectivity index (χ1v) is 16.1. The number of carbonyl (C=O) groups is 3. The van der Waals surface area contributed by atoms with Crippen LogP contribution in [0.3, 0.4) is 0 Å². The Morgan fingerprint density at radius 3 is 1.67 bits per heavy atom. The summed E-state index contributed by atoms with van der Waals surface area (Å²) < 4.78 is 5.85. The van der Waals surface area contributed by atoms with Crippen LogP contribution in [0.1, 0.15) is 53.5 Å². The van der Waals surface area contributed by atoms with Gasteiger partial charge in [0, 0.05) is 18.7 Å². The van der Waals surface area contributed by atoms with E-state index in [9.17, 15) is 14.4 Å². The highest BCUT2D eigenvalue weighted by Crippen LogP contribution is 2.69. The fraction of sp³-hybridized carbons (Fsp3) is 0.270. The van der Waals surface area contributed by atoms with Gasteiger partial charge in [0.15, 0.2) is 0 Å². The Labute approximate surface area is 272 Å². The number of hydrogen-bond acceptors (Lipinski definition) is 4. The lowest BCUT2D eigenvalue weighted by Crippen LogP contribution is -2.57. The van der Waals surface area contributed by atoms with E-state index in [0.717, 1.165) is 33.6 Å². The summed E-state index contributed by atoms with van der Waals surface area (Å²) in [7, 11) is 0. The van der Waals surface area contributed by atoms with E-state index >= 15 is 0 Å². The molecule has 45 heavy (non-hydrogen) atoms. The molecule has 4 aliphatic rings. The standard InChI is InChI=1S/C37H32Cl2N2O4/c1-23-14-18-25(19-15-23)45-26-20-16-24(17-21-26)40-31(42)13-3-2-8-22-41-34(43)32-33(35(41)44)37(39)28-10-5-4-9-27(28)36(32,38)29-11-6-7-12-30(29)37/h4-7,9-12,14-21,32-33H,2-3,8,13,22H2,1H3,(H,40,42)/t32-,33-,36?,37?/m0/s1. The average Bonchev–Trinajstić information content (AvgIpc) is 3.31. The second-order valence-corrected chi connectivity index (χ2v) is 13.3. The van der Waals surface area contributed by atoms with E-state index in [1.807, 2.05) is 104 Å². The van der Waals surface area contributed by atoms with Crippen LogP contribution in [-0.4, -0.2) is 29.2 Å². The number of likely N-dealkylation sites (tertiary alicyclic amines) is 1. The van der Waals surface area contributed by atoms with Gasteiger partial charge in [0.25, 0.3) is 0 Å². The lowest BCUT2D eigenvalue weighted by molar-refractivity contribution is -0.140. The maximum absolute atomic E-state index is 13.9. The van der Waals surface area contributed by atoms with Crippen LogP contribution in [-0.2, 0) is 24.1 Å². The lowest BCUT2D eigenvalue weighted by Gasteiger charge is -2.54. The number of unbranched alkanes of at least 4 members (excludes halogenated alkanes) is 2. The minimum atomic E-state index is -1.17. The van der Waals surface area contributed by atoms with Crippen molar-refractivity contribution >= 4 is 46.6 Å². The predicted molar refractivity (Wildman–Crippen MR) is 175 cm³/mol. The third-order valence-electron chi connectivity index (χ3n) is 9.36. The summed E-state index contributed by atoms with van der Waals surface area (Å²) in [6, 6.07) is 30.3. The first-order chi connectivity index (χ1) is 21.7. The van der Waals surface area contributed by atoms with Gasteiger partial charge in [-0.2, -0.15) is 0 Å². The summed E-state index contributed by atoms with van der Waals surface area (Å²) in [5, 5.41) is 2.92. The Balaban J connectivity index is 0.952. The molecule has 3 amide bonds. The molecule has 1 heterocycles. The number of nitrogens with zero attached hydrogens (tertiary/aromatic N) is 1. The number of anilines is 1. The van der Waals surface area contributed by atoms with Gasteiger partial charge in [-0.3, -0.25) is 19.3 Å². The highest BCUT2D eigenvalue weighted by Gasteiger charge is 2.72. The number of halogens is 2. The molecule has 0 saturated carbocycles. The third-order valence-corrected chi connectivity index (χ3v) is 10.6. The van der Waals surface area contributed by atoms with Crippen molar-refractivity contribution in [2.45, 2.75) is 42.4 Å². The second-order valence-electron chi connectivity index (χ2n) is 12.1. The number of benzene rings is 4. The van der Waals surface area contributed by atoms with Crippen molar-refractivity contribution in [2.75, 3.05) is 11.9 Å². The van der Waals surface area contributed by atoms with Gasteiger partial charge >= 0.3 is 0 Å².